The molecule has 2 N–H and O–H groups in total. The molecule has 2 heteroatoms. The Balaban J connectivity index is 1.86. The van der Waals surface area contributed by atoms with Crippen LogP contribution in [0.25, 0.3) is 0 Å². The monoisotopic (exact) mass is 168 g/mol. The summed E-state index contributed by atoms with van der Waals surface area (Å²) < 4.78 is 0. The summed E-state index contributed by atoms with van der Waals surface area (Å²) in [5.74, 6) is 2.70. The molecule has 2 nitrogen and oxygen atoms in total. The van der Waals surface area contributed by atoms with Crippen molar-refractivity contribution in [3.05, 3.63) is 0 Å². The smallest absolute Gasteiger partial charge is 0.0574 e. The van der Waals surface area contributed by atoms with Gasteiger partial charge in [0, 0.05) is 0 Å². The van der Waals surface area contributed by atoms with Crippen LogP contribution in [0.4, 0.5) is 0 Å². The molecular formula is C10H16O2. The van der Waals surface area contributed by atoms with Crippen molar-refractivity contribution in [2.45, 2.75) is 37.9 Å². The molecule has 6 atom stereocenters. The first kappa shape index (κ1) is 7.34. The summed E-state index contributed by atoms with van der Waals surface area (Å²) in [5.41, 5.74) is 0. The molecule has 0 radical (unpaired) electrons. The average Bonchev–Trinajstić information content (AvgIpc) is 2.57. The van der Waals surface area contributed by atoms with Crippen molar-refractivity contribution in [2.24, 2.45) is 23.7 Å². The van der Waals surface area contributed by atoms with Gasteiger partial charge in [-0.3, -0.25) is 0 Å². The van der Waals surface area contributed by atoms with Crippen molar-refractivity contribution in [3.63, 3.8) is 0 Å². The van der Waals surface area contributed by atoms with Crippen LogP contribution in [0.3, 0.4) is 0 Å². The Bertz CT molecular complexity index is 200. The number of fused-ring (bicyclic) bond motifs is 5. The van der Waals surface area contributed by atoms with E-state index in [0.717, 1.165) is 31.1 Å². The van der Waals surface area contributed by atoms with Gasteiger partial charge in [-0.2, -0.15) is 0 Å². The first-order chi connectivity index (χ1) is 5.75. The molecule has 0 aromatic carbocycles. The van der Waals surface area contributed by atoms with Crippen LogP contribution >= 0.6 is 0 Å². The molecule has 0 aliphatic heterocycles. The summed E-state index contributed by atoms with van der Waals surface area (Å²) in [5, 5.41) is 19.2. The van der Waals surface area contributed by atoms with E-state index < -0.39 is 0 Å². The summed E-state index contributed by atoms with van der Waals surface area (Å²) in [4.78, 5) is 0. The van der Waals surface area contributed by atoms with Crippen LogP contribution in [0, 0.1) is 23.7 Å². The van der Waals surface area contributed by atoms with Gasteiger partial charge in [0.1, 0.15) is 0 Å². The second kappa shape index (κ2) is 2.24. The quantitative estimate of drug-likeness (QED) is 0.561. The van der Waals surface area contributed by atoms with Crippen molar-refractivity contribution in [3.8, 4) is 0 Å². The zero-order valence-electron chi connectivity index (χ0n) is 7.19. The predicted molar refractivity (Wildman–Crippen MR) is 44.4 cm³/mol. The molecule has 2 bridgehead atoms. The Hall–Kier alpha value is -0.0800. The third kappa shape index (κ3) is 0.775. The van der Waals surface area contributed by atoms with Crippen LogP contribution in [-0.4, -0.2) is 22.4 Å². The second-order valence-corrected chi connectivity index (χ2v) is 4.92. The molecule has 0 aromatic rings. The van der Waals surface area contributed by atoms with Crippen molar-refractivity contribution in [1.82, 2.24) is 0 Å². The zero-order valence-corrected chi connectivity index (χ0v) is 7.19. The fraction of sp³-hybridized carbons (Fsp3) is 1.00. The summed E-state index contributed by atoms with van der Waals surface area (Å²) >= 11 is 0. The highest BCUT2D eigenvalue weighted by atomic mass is 16.3. The lowest BCUT2D eigenvalue weighted by Gasteiger charge is -2.27. The normalized spacial score (nSPS) is 62.5. The van der Waals surface area contributed by atoms with E-state index in [1.165, 1.54) is 6.42 Å². The molecule has 0 heterocycles. The largest absolute Gasteiger partial charge is 0.393 e. The van der Waals surface area contributed by atoms with Crippen LogP contribution in [-0.2, 0) is 0 Å². The summed E-state index contributed by atoms with van der Waals surface area (Å²) in [7, 11) is 0. The topological polar surface area (TPSA) is 40.5 Å². The molecule has 3 rings (SSSR count). The van der Waals surface area contributed by atoms with E-state index >= 15 is 0 Å². The standard InChI is InChI=1S/C10H16O2/c11-6-3-7-5-1-9(8(7)4-6)10(12)2-5/h5-12H,1-4H2. The molecule has 0 aromatic heterocycles. The van der Waals surface area contributed by atoms with Crippen LogP contribution < -0.4 is 0 Å². The van der Waals surface area contributed by atoms with Crippen LogP contribution in [0.1, 0.15) is 25.7 Å². The fourth-order valence-electron chi connectivity index (χ4n) is 4.01. The van der Waals surface area contributed by atoms with Crippen LogP contribution in [0.5, 0.6) is 0 Å². The number of hydrogen-bond acceptors (Lipinski definition) is 2. The van der Waals surface area contributed by atoms with Gasteiger partial charge in [-0.05, 0) is 49.4 Å². The van der Waals surface area contributed by atoms with Gasteiger partial charge in [-0.1, -0.05) is 0 Å². The molecule has 6 unspecified atom stereocenters. The third-order valence-electron chi connectivity index (χ3n) is 4.41. The molecule has 3 aliphatic rings. The van der Waals surface area contributed by atoms with E-state index in [9.17, 15) is 10.2 Å². The van der Waals surface area contributed by atoms with Gasteiger partial charge < -0.3 is 10.2 Å². The van der Waals surface area contributed by atoms with Gasteiger partial charge in [-0.15, -0.1) is 0 Å². The molecule has 0 spiro atoms. The number of rotatable bonds is 0. The first-order valence-corrected chi connectivity index (χ1v) is 5.12. The van der Waals surface area contributed by atoms with Gasteiger partial charge in [-0.25, -0.2) is 0 Å². The molecule has 12 heavy (non-hydrogen) atoms. The predicted octanol–water partition coefficient (Wildman–Crippen LogP) is 0.774. The van der Waals surface area contributed by atoms with Gasteiger partial charge in [0.05, 0.1) is 12.2 Å². The Kier molecular flexibility index (Phi) is 1.37. The minimum atomic E-state index is -0.0596. The molecule has 68 valence electrons. The maximum Gasteiger partial charge on any atom is 0.0574 e. The lowest BCUT2D eigenvalue weighted by Crippen LogP contribution is -2.27. The van der Waals surface area contributed by atoms with E-state index in [4.69, 9.17) is 0 Å². The van der Waals surface area contributed by atoms with Crippen molar-refractivity contribution in [2.75, 3.05) is 0 Å². The first-order valence-electron chi connectivity index (χ1n) is 5.12. The van der Waals surface area contributed by atoms with Gasteiger partial charge in [0.25, 0.3) is 0 Å². The SMILES string of the molecule is OC1CC2C3CC(O)C(C3)C2C1. The molecule has 0 saturated heterocycles. The van der Waals surface area contributed by atoms with Crippen LogP contribution in [0.15, 0.2) is 0 Å². The molecule has 3 aliphatic carbocycles. The second-order valence-electron chi connectivity index (χ2n) is 4.92. The number of aliphatic hydroxyl groups excluding tert-OH is 2. The minimum Gasteiger partial charge on any atom is -0.393 e. The summed E-state index contributed by atoms with van der Waals surface area (Å²) in [6.45, 7) is 0. The Morgan fingerprint density at radius 2 is 1.50 bits per heavy atom. The average molecular weight is 168 g/mol. The highest BCUT2D eigenvalue weighted by Crippen LogP contribution is 2.58. The molecular weight excluding hydrogens is 152 g/mol. The Morgan fingerprint density at radius 1 is 0.750 bits per heavy atom. The molecule has 3 fully saturated rings. The fourth-order valence-corrected chi connectivity index (χ4v) is 4.01. The van der Waals surface area contributed by atoms with E-state index in [1.54, 1.807) is 0 Å². The van der Waals surface area contributed by atoms with Crippen molar-refractivity contribution < 1.29 is 10.2 Å². The van der Waals surface area contributed by atoms with E-state index in [2.05, 4.69) is 0 Å². The molecule has 3 saturated carbocycles. The Labute approximate surface area is 72.6 Å². The molecule has 0 amide bonds. The summed E-state index contributed by atoms with van der Waals surface area (Å²) in [6, 6.07) is 0. The number of aliphatic hydroxyl groups is 2. The van der Waals surface area contributed by atoms with E-state index in [1.807, 2.05) is 0 Å². The van der Waals surface area contributed by atoms with Crippen LogP contribution in [0.2, 0.25) is 0 Å². The van der Waals surface area contributed by atoms with Gasteiger partial charge in [0.2, 0.25) is 0 Å². The maximum atomic E-state index is 9.67. The van der Waals surface area contributed by atoms with E-state index in [0.29, 0.717) is 11.8 Å². The Morgan fingerprint density at radius 3 is 2.33 bits per heavy atom. The van der Waals surface area contributed by atoms with Crippen molar-refractivity contribution >= 4 is 0 Å². The lowest BCUT2D eigenvalue weighted by atomic mass is 9.80. The van der Waals surface area contributed by atoms with Crippen molar-refractivity contribution in [1.29, 1.82) is 0 Å². The van der Waals surface area contributed by atoms with E-state index in [-0.39, 0.29) is 12.2 Å². The zero-order chi connectivity index (χ0) is 8.29. The highest BCUT2D eigenvalue weighted by Gasteiger charge is 2.55. The maximum absolute atomic E-state index is 9.67. The minimum absolute atomic E-state index is 0.0402. The number of hydrogen-bond donors (Lipinski definition) is 2. The van der Waals surface area contributed by atoms with Gasteiger partial charge >= 0.3 is 0 Å². The third-order valence-corrected chi connectivity index (χ3v) is 4.41. The summed E-state index contributed by atoms with van der Waals surface area (Å²) in [6.07, 6.45) is 4.13. The lowest BCUT2D eigenvalue weighted by molar-refractivity contribution is 0.0633. The highest BCUT2D eigenvalue weighted by molar-refractivity contribution is 5.04. The van der Waals surface area contributed by atoms with Gasteiger partial charge in [0.15, 0.2) is 0 Å².